The lowest BCUT2D eigenvalue weighted by atomic mass is 10.1. The zero-order valence-corrected chi connectivity index (χ0v) is 12.1. The summed E-state index contributed by atoms with van der Waals surface area (Å²) in [7, 11) is 2.19. The first-order valence-electron chi connectivity index (χ1n) is 7.23. The van der Waals surface area contributed by atoms with Gasteiger partial charge in [0.05, 0.1) is 12.7 Å². The van der Waals surface area contributed by atoms with Gasteiger partial charge in [-0.3, -0.25) is 15.0 Å². The molecule has 0 spiro atoms. The summed E-state index contributed by atoms with van der Waals surface area (Å²) >= 11 is 0. The topological polar surface area (TPSA) is 35.6 Å². The molecule has 1 heterocycles. The molecule has 4 nitrogen and oxygen atoms in total. The standard InChI is InChI=1S/C14H27N3O/c1-10(2)7-13-15-8-14(18)17(13)9-11(3)16(4)12-5-6-12/h10-13,15H,5-9H2,1-4H3. The number of carbonyl (C=O) groups is 1. The van der Waals surface area contributed by atoms with Crippen molar-refractivity contribution in [3.8, 4) is 0 Å². The smallest absolute Gasteiger partial charge is 0.237 e. The van der Waals surface area contributed by atoms with Crippen molar-refractivity contribution in [2.45, 2.75) is 58.3 Å². The third-order valence-electron chi connectivity index (χ3n) is 4.16. The van der Waals surface area contributed by atoms with Gasteiger partial charge in [0.2, 0.25) is 5.91 Å². The highest BCUT2D eigenvalue weighted by atomic mass is 16.2. The Morgan fingerprint density at radius 1 is 1.39 bits per heavy atom. The number of carbonyl (C=O) groups excluding carboxylic acids is 1. The normalized spacial score (nSPS) is 26.4. The van der Waals surface area contributed by atoms with Crippen molar-refractivity contribution in [2.75, 3.05) is 20.1 Å². The van der Waals surface area contributed by atoms with Gasteiger partial charge in [-0.15, -0.1) is 0 Å². The van der Waals surface area contributed by atoms with E-state index in [4.69, 9.17) is 0 Å². The molecular weight excluding hydrogens is 226 g/mol. The van der Waals surface area contributed by atoms with Gasteiger partial charge in [-0.25, -0.2) is 0 Å². The number of amides is 1. The lowest BCUT2D eigenvalue weighted by molar-refractivity contribution is -0.128. The molecule has 0 bridgehead atoms. The fourth-order valence-electron chi connectivity index (χ4n) is 2.73. The van der Waals surface area contributed by atoms with E-state index in [0.29, 0.717) is 18.5 Å². The van der Waals surface area contributed by atoms with Crippen LogP contribution in [-0.4, -0.2) is 54.1 Å². The first kappa shape index (κ1) is 13.8. The second-order valence-corrected chi connectivity index (χ2v) is 6.32. The summed E-state index contributed by atoms with van der Waals surface area (Å²) in [6.45, 7) is 8.02. The van der Waals surface area contributed by atoms with Crippen LogP contribution in [0.3, 0.4) is 0 Å². The monoisotopic (exact) mass is 253 g/mol. The fourth-order valence-corrected chi connectivity index (χ4v) is 2.73. The van der Waals surface area contributed by atoms with Crippen LogP contribution < -0.4 is 5.32 Å². The minimum atomic E-state index is 0.243. The molecule has 1 saturated heterocycles. The first-order chi connectivity index (χ1) is 8.49. The average molecular weight is 253 g/mol. The van der Waals surface area contributed by atoms with Gasteiger partial charge >= 0.3 is 0 Å². The van der Waals surface area contributed by atoms with Crippen molar-refractivity contribution in [3.05, 3.63) is 0 Å². The summed E-state index contributed by atoms with van der Waals surface area (Å²) in [6.07, 6.45) is 3.93. The lowest BCUT2D eigenvalue weighted by Gasteiger charge is -2.32. The molecule has 2 rings (SSSR count). The van der Waals surface area contributed by atoms with Crippen LogP contribution in [0.1, 0.15) is 40.0 Å². The van der Waals surface area contributed by atoms with E-state index in [1.54, 1.807) is 0 Å². The highest BCUT2D eigenvalue weighted by molar-refractivity contribution is 5.80. The number of hydrogen-bond acceptors (Lipinski definition) is 3. The van der Waals surface area contributed by atoms with E-state index in [9.17, 15) is 4.79 Å². The Kier molecular flexibility index (Phi) is 4.28. The summed E-state index contributed by atoms with van der Waals surface area (Å²) in [5.74, 6) is 0.879. The van der Waals surface area contributed by atoms with Gasteiger partial charge in [0, 0.05) is 18.6 Å². The largest absolute Gasteiger partial charge is 0.324 e. The second-order valence-electron chi connectivity index (χ2n) is 6.32. The van der Waals surface area contributed by atoms with Crippen LogP contribution in [0, 0.1) is 5.92 Å². The van der Waals surface area contributed by atoms with E-state index >= 15 is 0 Å². The number of nitrogens with zero attached hydrogens (tertiary/aromatic N) is 2. The molecule has 104 valence electrons. The highest BCUT2D eigenvalue weighted by Gasteiger charge is 2.35. The van der Waals surface area contributed by atoms with Gasteiger partial charge in [0.25, 0.3) is 0 Å². The van der Waals surface area contributed by atoms with E-state index in [2.05, 4.69) is 38.0 Å². The Hall–Kier alpha value is -0.610. The van der Waals surface area contributed by atoms with E-state index in [0.717, 1.165) is 19.0 Å². The lowest BCUT2D eigenvalue weighted by Crippen LogP contribution is -2.46. The van der Waals surface area contributed by atoms with Gasteiger partial charge in [-0.2, -0.15) is 0 Å². The third kappa shape index (κ3) is 3.23. The van der Waals surface area contributed by atoms with E-state index in [1.807, 2.05) is 4.90 Å². The molecule has 2 fully saturated rings. The first-order valence-corrected chi connectivity index (χ1v) is 7.23. The zero-order chi connectivity index (χ0) is 13.3. The SMILES string of the molecule is CC(C)CC1NCC(=O)N1CC(C)N(C)C1CC1. The Bertz CT molecular complexity index is 301. The number of nitrogens with one attached hydrogen (secondary N) is 1. The second kappa shape index (κ2) is 5.57. The van der Waals surface area contributed by atoms with Gasteiger partial charge in [-0.05, 0) is 39.2 Å². The molecular formula is C14H27N3O. The van der Waals surface area contributed by atoms with Crippen molar-refractivity contribution in [1.82, 2.24) is 15.1 Å². The Labute approximate surface area is 111 Å². The molecule has 18 heavy (non-hydrogen) atoms. The summed E-state index contributed by atoms with van der Waals surface area (Å²) in [5, 5.41) is 3.33. The van der Waals surface area contributed by atoms with E-state index in [-0.39, 0.29) is 12.1 Å². The Balaban J connectivity index is 1.89. The van der Waals surface area contributed by atoms with Crippen molar-refractivity contribution >= 4 is 5.91 Å². The summed E-state index contributed by atoms with van der Waals surface area (Å²) in [5.41, 5.74) is 0. The average Bonchev–Trinajstić information content (AvgIpc) is 3.09. The summed E-state index contributed by atoms with van der Waals surface area (Å²) in [6, 6.07) is 1.21. The van der Waals surface area contributed by atoms with Gasteiger partial charge in [-0.1, -0.05) is 13.8 Å². The molecule has 1 saturated carbocycles. The van der Waals surface area contributed by atoms with E-state index < -0.39 is 0 Å². The molecule has 2 atom stereocenters. The minimum Gasteiger partial charge on any atom is -0.324 e. The van der Waals surface area contributed by atoms with Crippen LogP contribution in [0.2, 0.25) is 0 Å². The maximum atomic E-state index is 12.0. The molecule has 0 aromatic carbocycles. The van der Waals surface area contributed by atoms with Crippen molar-refractivity contribution < 1.29 is 4.79 Å². The predicted molar refractivity (Wildman–Crippen MR) is 73.2 cm³/mol. The quantitative estimate of drug-likeness (QED) is 0.774. The molecule has 0 aromatic heterocycles. The molecule has 0 radical (unpaired) electrons. The number of rotatable bonds is 6. The third-order valence-corrected chi connectivity index (χ3v) is 4.16. The molecule has 1 N–H and O–H groups in total. The Morgan fingerprint density at radius 3 is 2.61 bits per heavy atom. The zero-order valence-electron chi connectivity index (χ0n) is 12.1. The van der Waals surface area contributed by atoms with Crippen LogP contribution in [-0.2, 0) is 4.79 Å². The molecule has 1 aliphatic carbocycles. The highest BCUT2D eigenvalue weighted by Crippen LogP contribution is 2.27. The van der Waals surface area contributed by atoms with Crippen LogP contribution in [0.25, 0.3) is 0 Å². The molecule has 0 aromatic rings. The van der Waals surface area contributed by atoms with Crippen LogP contribution >= 0.6 is 0 Å². The van der Waals surface area contributed by atoms with Gasteiger partial charge < -0.3 is 4.90 Å². The molecule has 1 aliphatic heterocycles. The maximum Gasteiger partial charge on any atom is 0.237 e. The van der Waals surface area contributed by atoms with Crippen LogP contribution in [0.15, 0.2) is 0 Å². The Morgan fingerprint density at radius 2 is 2.06 bits per heavy atom. The van der Waals surface area contributed by atoms with Gasteiger partial charge in [0.1, 0.15) is 0 Å². The predicted octanol–water partition coefficient (Wildman–Crippen LogP) is 1.27. The van der Waals surface area contributed by atoms with Crippen LogP contribution in [0.4, 0.5) is 0 Å². The number of likely N-dealkylation sites (N-methyl/N-ethyl adjacent to an activating group) is 1. The minimum absolute atomic E-state index is 0.243. The number of hydrogen-bond donors (Lipinski definition) is 1. The molecule has 2 unspecified atom stereocenters. The van der Waals surface area contributed by atoms with Crippen LogP contribution in [0.5, 0.6) is 0 Å². The molecule has 4 heteroatoms. The molecule has 1 amide bonds. The van der Waals surface area contributed by atoms with Crippen molar-refractivity contribution in [2.24, 2.45) is 5.92 Å². The van der Waals surface area contributed by atoms with E-state index in [1.165, 1.54) is 12.8 Å². The van der Waals surface area contributed by atoms with Crippen molar-refractivity contribution in [3.63, 3.8) is 0 Å². The maximum absolute atomic E-state index is 12.0. The fraction of sp³-hybridized carbons (Fsp3) is 0.929. The van der Waals surface area contributed by atoms with Crippen molar-refractivity contribution in [1.29, 1.82) is 0 Å². The molecule has 2 aliphatic rings. The summed E-state index contributed by atoms with van der Waals surface area (Å²) in [4.78, 5) is 16.4. The van der Waals surface area contributed by atoms with Gasteiger partial charge in [0.15, 0.2) is 0 Å². The summed E-state index contributed by atoms with van der Waals surface area (Å²) < 4.78 is 0.